The number of benzene rings is 2. The lowest BCUT2D eigenvalue weighted by Crippen LogP contribution is -2.07. The molecule has 0 aliphatic carbocycles. The van der Waals surface area contributed by atoms with Gasteiger partial charge >= 0.3 is 0 Å². The van der Waals surface area contributed by atoms with Gasteiger partial charge < -0.3 is 4.74 Å². The van der Waals surface area contributed by atoms with Gasteiger partial charge in [-0.25, -0.2) is 14.4 Å². The van der Waals surface area contributed by atoms with Gasteiger partial charge in [0.2, 0.25) is 5.88 Å². The smallest absolute Gasteiger partial charge is 0.233 e. The Bertz CT molecular complexity index is 813. The van der Waals surface area contributed by atoms with E-state index in [4.69, 9.17) is 4.74 Å². The topological polar surface area (TPSA) is 35.0 Å². The highest BCUT2D eigenvalue weighted by molar-refractivity contribution is 5.92. The van der Waals surface area contributed by atoms with Crippen molar-refractivity contribution in [3.8, 4) is 17.0 Å². The summed E-state index contributed by atoms with van der Waals surface area (Å²) in [7, 11) is 0. The maximum atomic E-state index is 13.1. The zero-order valence-electron chi connectivity index (χ0n) is 12.8. The van der Waals surface area contributed by atoms with Gasteiger partial charge in [0.15, 0.2) is 0 Å². The first-order valence-corrected chi connectivity index (χ1v) is 7.23. The van der Waals surface area contributed by atoms with Gasteiger partial charge in [-0.15, -0.1) is 0 Å². The second-order valence-corrected chi connectivity index (χ2v) is 5.56. The summed E-state index contributed by atoms with van der Waals surface area (Å²) in [6.45, 7) is 5.91. The number of aromatic nitrogens is 2. The lowest BCUT2D eigenvalue weighted by atomic mass is 10.0. The molecule has 0 radical (unpaired) electrons. The molecule has 0 amide bonds. The molecule has 0 fully saturated rings. The monoisotopic (exact) mass is 296 g/mol. The third kappa shape index (κ3) is 2.91. The quantitative estimate of drug-likeness (QED) is 0.712. The summed E-state index contributed by atoms with van der Waals surface area (Å²) in [6.07, 6.45) is 1.68. The number of rotatable bonds is 3. The molecule has 112 valence electrons. The molecule has 0 spiro atoms. The van der Waals surface area contributed by atoms with E-state index in [2.05, 4.69) is 9.97 Å². The van der Waals surface area contributed by atoms with Crippen LogP contribution in [0.15, 0.2) is 42.6 Å². The van der Waals surface area contributed by atoms with Crippen molar-refractivity contribution in [3.05, 3.63) is 54.0 Å². The van der Waals surface area contributed by atoms with E-state index in [1.54, 1.807) is 18.3 Å². The van der Waals surface area contributed by atoms with Crippen LogP contribution in [0.1, 0.15) is 19.4 Å². The van der Waals surface area contributed by atoms with E-state index in [1.807, 2.05) is 32.9 Å². The first-order valence-electron chi connectivity index (χ1n) is 7.23. The second-order valence-electron chi connectivity index (χ2n) is 5.56. The molecule has 0 saturated heterocycles. The predicted molar refractivity (Wildman–Crippen MR) is 85.4 cm³/mol. The molecular weight excluding hydrogens is 279 g/mol. The van der Waals surface area contributed by atoms with Gasteiger partial charge in [-0.05, 0) is 56.2 Å². The molecular formula is C18H17FN2O. The minimum Gasteiger partial charge on any atom is -0.474 e. The molecule has 3 rings (SSSR count). The molecule has 0 saturated carbocycles. The first kappa shape index (κ1) is 14.4. The molecule has 0 unspecified atom stereocenters. The average molecular weight is 296 g/mol. The Hall–Kier alpha value is -2.49. The maximum absolute atomic E-state index is 13.1. The van der Waals surface area contributed by atoms with Crippen LogP contribution in [-0.4, -0.2) is 16.1 Å². The summed E-state index contributed by atoms with van der Waals surface area (Å²) < 4.78 is 18.7. The number of aryl methyl sites for hydroxylation is 1. The lowest BCUT2D eigenvalue weighted by Gasteiger charge is -2.11. The Morgan fingerprint density at radius 3 is 2.50 bits per heavy atom. The van der Waals surface area contributed by atoms with Crippen molar-refractivity contribution in [2.75, 3.05) is 0 Å². The molecule has 0 aliphatic heterocycles. The fourth-order valence-corrected chi connectivity index (χ4v) is 2.40. The zero-order valence-corrected chi connectivity index (χ0v) is 12.8. The fourth-order valence-electron chi connectivity index (χ4n) is 2.40. The Labute approximate surface area is 128 Å². The molecule has 0 aliphatic rings. The van der Waals surface area contributed by atoms with Crippen LogP contribution >= 0.6 is 0 Å². The van der Waals surface area contributed by atoms with E-state index in [0.717, 1.165) is 27.7 Å². The normalized spacial score (nSPS) is 11.1. The Kier molecular flexibility index (Phi) is 3.75. The molecule has 22 heavy (non-hydrogen) atoms. The van der Waals surface area contributed by atoms with Crippen LogP contribution in [0.25, 0.3) is 22.2 Å². The molecule has 2 aromatic carbocycles. The highest BCUT2D eigenvalue weighted by Gasteiger charge is 2.10. The van der Waals surface area contributed by atoms with Crippen LogP contribution in [0.2, 0.25) is 0 Å². The summed E-state index contributed by atoms with van der Waals surface area (Å²) in [5.41, 5.74) is 4.49. The summed E-state index contributed by atoms with van der Waals surface area (Å²) >= 11 is 0. The number of nitrogens with zero attached hydrogens (tertiary/aromatic N) is 2. The molecule has 3 aromatic rings. The molecule has 0 atom stereocenters. The van der Waals surface area contributed by atoms with Crippen molar-refractivity contribution < 1.29 is 9.13 Å². The van der Waals surface area contributed by atoms with Crippen LogP contribution in [-0.2, 0) is 0 Å². The summed E-state index contributed by atoms with van der Waals surface area (Å²) in [4.78, 5) is 9.01. The van der Waals surface area contributed by atoms with E-state index in [0.29, 0.717) is 5.88 Å². The number of ether oxygens (including phenoxy) is 1. The van der Waals surface area contributed by atoms with Gasteiger partial charge in [0.25, 0.3) is 0 Å². The van der Waals surface area contributed by atoms with Gasteiger partial charge in [0, 0.05) is 5.56 Å². The van der Waals surface area contributed by atoms with Crippen LogP contribution < -0.4 is 4.74 Å². The number of halogens is 1. The first-order chi connectivity index (χ1) is 10.5. The van der Waals surface area contributed by atoms with Crippen molar-refractivity contribution in [2.24, 2.45) is 0 Å². The third-order valence-corrected chi connectivity index (χ3v) is 3.28. The van der Waals surface area contributed by atoms with Crippen molar-refractivity contribution in [1.29, 1.82) is 0 Å². The van der Waals surface area contributed by atoms with Crippen LogP contribution in [0.4, 0.5) is 4.39 Å². The standard InChI is InChI=1S/C18H17FN2O/c1-11(2)22-17-10-20-18-15(8-12(3)9-16(18)21-17)13-4-6-14(19)7-5-13/h4-11H,1-3H3. The largest absolute Gasteiger partial charge is 0.474 e. The fraction of sp³-hybridized carbons (Fsp3) is 0.222. The van der Waals surface area contributed by atoms with Crippen molar-refractivity contribution in [3.63, 3.8) is 0 Å². The Balaban J connectivity index is 2.16. The van der Waals surface area contributed by atoms with Gasteiger partial charge in [-0.1, -0.05) is 12.1 Å². The highest BCUT2D eigenvalue weighted by atomic mass is 19.1. The summed E-state index contributed by atoms with van der Waals surface area (Å²) in [5.74, 6) is 0.262. The zero-order chi connectivity index (χ0) is 15.7. The van der Waals surface area contributed by atoms with E-state index in [-0.39, 0.29) is 11.9 Å². The average Bonchev–Trinajstić information content (AvgIpc) is 2.46. The van der Waals surface area contributed by atoms with E-state index < -0.39 is 0 Å². The maximum Gasteiger partial charge on any atom is 0.233 e. The SMILES string of the molecule is Cc1cc(-c2ccc(F)cc2)c2ncc(OC(C)C)nc2c1. The summed E-state index contributed by atoms with van der Waals surface area (Å²) in [5, 5.41) is 0. The molecule has 1 aromatic heterocycles. The van der Waals surface area contributed by atoms with Gasteiger partial charge in [-0.3, -0.25) is 0 Å². The van der Waals surface area contributed by atoms with Crippen molar-refractivity contribution in [2.45, 2.75) is 26.9 Å². The molecule has 3 nitrogen and oxygen atoms in total. The van der Waals surface area contributed by atoms with Gasteiger partial charge in [0.05, 0.1) is 23.3 Å². The number of hydrogen-bond acceptors (Lipinski definition) is 3. The van der Waals surface area contributed by atoms with Gasteiger partial charge in [0.1, 0.15) is 5.82 Å². The van der Waals surface area contributed by atoms with Crippen LogP contribution in [0.5, 0.6) is 5.88 Å². The second kappa shape index (κ2) is 5.72. The van der Waals surface area contributed by atoms with Crippen molar-refractivity contribution in [1.82, 2.24) is 9.97 Å². The minimum atomic E-state index is -0.251. The molecule has 4 heteroatoms. The number of fused-ring (bicyclic) bond motifs is 1. The lowest BCUT2D eigenvalue weighted by molar-refractivity contribution is 0.232. The van der Waals surface area contributed by atoms with E-state index in [9.17, 15) is 4.39 Å². The number of hydrogen-bond donors (Lipinski definition) is 0. The Morgan fingerprint density at radius 1 is 1.09 bits per heavy atom. The van der Waals surface area contributed by atoms with E-state index in [1.165, 1.54) is 12.1 Å². The Morgan fingerprint density at radius 2 is 1.82 bits per heavy atom. The summed E-state index contributed by atoms with van der Waals surface area (Å²) in [6, 6.07) is 10.4. The van der Waals surface area contributed by atoms with Crippen LogP contribution in [0, 0.1) is 12.7 Å². The van der Waals surface area contributed by atoms with E-state index >= 15 is 0 Å². The third-order valence-electron chi connectivity index (χ3n) is 3.28. The molecule has 0 N–H and O–H groups in total. The predicted octanol–water partition coefficient (Wildman–Crippen LogP) is 4.53. The van der Waals surface area contributed by atoms with Crippen LogP contribution in [0.3, 0.4) is 0 Å². The molecule has 0 bridgehead atoms. The van der Waals surface area contributed by atoms with Gasteiger partial charge in [-0.2, -0.15) is 0 Å². The highest BCUT2D eigenvalue weighted by Crippen LogP contribution is 2.29. The molecule has 1 heterocycles. The minimum absolute atomic E-state index is 0.0492. The van der Waals surface area contributed by atoms with Crippen molar-refractivity contribution >= 4 is 11.0 Å².